The average molecular weight is 421 g/mol. The van der Waals surface area contributed by atoms with Crippen LogP contribution in [0.2, 0.25) is 0 Å². The Morgan fingerprint density at radius 2 is 1.68 bits per heavy atom. The number of nitrogens with one attached hydrogen (secondary N) is 4. The predicted octanol–water partition coefficient (Wildman–Crippen LogP) is 3.13. The summed E-state index contributed by atoms with van der Waals surface area (Å²) in [6.45, 7) is 3.91. The molecule has 0 bridgehead atoms. The van der Waals surface area contributed by atoms with Gasteiger partial charge in [-0.2, -0.15) is 0 Å². The van der Waals surface area contributed by atoms with Crippen LogP contribution in [-0.2, 0) is 9.59 Å². The average Bonchev–Trinajstić information content (AvgIpc) is 2.64. The number of halogens is 1. The maximum Gasteiger partial charge on any atom is 0.248 e. The van der Waals surface area contributed by atoms with Gasteiger partial charge in [-0.25, -0.2) is 4.39 Å². The molecule has 0 aliphatic heterocycles. The first-order chi connectivity index (χ1) is 13.3. The van der Waals surface area contributed by atoms with Crippen LogP contribution in [0, 0.1) is 19.7 Å². The number of carbonyl (C=O) groups is 2. The highest BCUT2D eigenvalue weighted by Crippen LogP contribution is 2.16. The molecule has 2 aromatic carbocycles. The van der Waals surface area contributed by atoms with Crippen LogP contribution in [0.5, 0.6) is 0 Å². The molecule has 148 valence electrons. The second kappa shape index (κ2) is 10.6. The van der Waals surface area contributed by atoms with E-state index in [0.29, 0.717) is 0 Å². The fourth-order valence-electron chi connectivity index (χ4n) is 2.26. The first-order valence-electron chi connectivity index (χ1n) is 8.40. The maximum absolute atomic E-state index is 13.5. The Balaban J connectivity index is 1.66. The predicted molar refractivity (Wildman–Crippen MR) is 116 cm³/mol. The van der Waals surface area contributed by atoms with Gasteiger partial charge in [0.1, 0.15) is 5.82 Å². The zero-order chi connectivity index (χ0) is 20.5. The molecule has 2 amide bonds. The summed E-state index contributed by atoms with van der Waals surface area (Å²) in [4.78, 5) is 23.8. The monoisotopic (exact) mass is 420 g/mol. The van der Waals surface area contributed by atoms with Gasteiger partial charge < -0.3 is 10.6 Å². The summed E-state index contributed by atoms with van der Waals surface area (Å²) >= 11 is 6.16. The van der Waals surface area contributed by atoms with Gasteiger partial charge in [-0.15, -0.1) is 11.8 Å². The van der Waals surface area contributed by atoms with Gasteiger partial charge in [-0.1, -0.05) is 29.8 Å². The zero-order valence-corrected chi connectivity index (χ0v) is 17.1. The Hall–Kier alpha value is -2.65. The van der Waals surface area contributed by atoms with E-state index >= 15 is 0 Å². The highest BCUT2D eigenvalue weighted by Gasteiger charge is 2.08. The van der Waals surface area contributed by atoms with Gasteiger partial charge in [-0.3, -0.25) is 20.4 Å². The van der Waals surface area contributed by atoms with Crippen molar-refractivity contribution in [3.05, 3.63) is 59.4 Å². The van der Waals surface area contributed by atoms with Gasteiger partial charge in [0.05, 0.1) is 17.2 Å². The summed E-state index contributed by atoms with van der Waals surface area (Å²) < 4.78 is 13.5. The van der Waals surface area contributed by atoms with Crippen molar-refractivity contribution < 1.29 is 14.0 Å². The van der Waals surface area contributed by atoms with Gasteiger partial charge >= 0.3 is 0 Å². The van der Waals surface area contributed by atoms with Gasteiger partial charge in [0.15, 0.2) is 5.11 Å². The van der Waals surface area contributed by atoms with Crippen molar-refractivity contribution in [3.63, 3.8) is 0 Å². The molecule has 0 aromatic heterocycles. The van der Waals surface area contributed by atoms with Crippen molar-refractivity contribution in [1.82, 2.24) is 10.9 Å². The van der Waals surface area contributed by atoms with E-state index in [9.17, 15) is 14.0 Å². The van der Waals surface area contributed by atoms with Gasteiger partial charge in [0.25, 0.3) is 0 Å². The van der Waals surface area contributed by atoms with E-state index in [4.69, 9.17) is 12.2 Å². The number of thiocarbonyl (C=S) groups is 1. The van der Waals surface area contributed by atoms with Crippen LogP contribution in [0.3, 0.4) is 0 Å². The lowest BCUT2D eigenvalue weighted by atomic mass is 10.1. The third-order valence-electron chi connectivity index (χ3n) is 3.56. The Labute approximate surface area is 172 Å². The molecule has 0 saturated heterocycles. The van der Waals surface area contributed by atoms with Crippen LogP contribution < -0.4 is 21.5 Å². The molecule has 0 fully saturated rings. The smallest absolute Gasteiger partial charge is 0.248 e. The number of anilines is 2. The lowest BCUT2D eigenvalue weighted by molar-refractivity contribution is -0.119. The zero-order valence-electron chi connectivity index (χ0n) is 15.5. The first-order valence-corrected chi connectivity index (χ1v) is 9.96. The van der Waals surface area contributed by atoms with E-state index in [-0.39, 0.29) is 34.1 Å². The Morgan fingerprint density at radius 1 is 0.964 bits per heavy atom. The Kier molecular flexibility index (Phi) is 8.21. The fourth-order valence-corrected chi connectivity index (χ4v) is 3.03. The first kappa shape index (κ1) is 21.6. The minimum Gasteiger partial charge on any atom is -0.329 e. The minimum absolute atomic E-state index is 0.0519. The quantitative estimate of drug-likeness (QED) is 0.425. The van der Waals surface area contributed by atoms with Crippen LogP contribution in [0.1, 0.15) is 11.1 Å². The normalized spacial score (nSPS) is 10.1. The molecular weight excluding hydrogens is 399 g/mol. The Morgan fingerprint density at radius 3 is 2.39 bits per heavy atom. The molecule has 0 unspecified atom stereocenters. The van der Waals surface area contributed by atoms with Crippen LogP contribution in [0.4, 0.5) is 15.8 Å². The number of hydrazine groups is 1. The van der Waals surface area contributed by atoms with Crippen molar-refractivity contribution in [1.29, 1.82) is 0 Å². The van der Waals surface area contributed by atoms with E-state index in [1.54, 1.807) is 12.1 Å². The van der Waals surface area contributed by atoms with Gasteiger partial charge in [0.2, 0.25) is 11.8 Å². The van der Waals surface area contributed by atoms with Crippen LogP contribution in [0.15, 0.2) is 42.5 Å². The molecule has 2 rings (SSSR count). The van der Waals surface area contributed by atoms with Gasteiger partial charge in [-0.05, 0) is 49.8 Å². The van der Waals surface area contributed by atoms with Crippen molar-refractivity contribution in [2.75, 3.05) is 22.1 Å². The molecule has 0 saturated carbocycles. The number of hydrogen-bond donors (Lipinski definition) is 4. The molecule has 0 heterocycles. The summed E-state index contributed by atoms with van der Waals surface area (Å²) in [6.07, 6.45) is 0. The van der Waals surface area contributed by atoms with E-state index in [1.807, 2.05) is 32.0 Å². The van der Waals surface area contributed by atoms with E-state index in [2.05, 4.69) is 21.5 Å². The van der Waals surface area contributed by atoms with Gasteiger partial charge in [0, 0.05) is 5.69 Å². The van der Waals surface area contributed by atoms with Crippen LogP contribution in [-0.4, -0.2) is 28.4 Å². The lowest BCUT2D eigenvalue weighted by Gasteiger charge is -2.12. The van der Waals surface area contributed by atoms with Crippen LogP contribution >= 0.6 is 24.0 Å². The highest BCUT2D eigenvalue weighted by molar-refractivity contribution is 8.00. The van der Waals surface area contributed by atoms with Crippen molar-refractivity contribution in [3.8, 4) is 0 Å². The number of amides is 2. The molecule has 0 aliphatic carbocycles. The second-order valence-electron chi connectivity index (χ2n) is 5.97. The summed E-state index contributed by atoms with van der Waals surface area (Å²) in [5.41, 5.74) is 7.94. The third-order valence-corrected chi connectivity index (χ3v) is 4.70. The van der Waals surface area contributed by atoms with Crippen molar-refractivity contribution in [2.24, 2.45) is 0 Å². The highest BCUT2D eigenvalue weighted by atomic mass is 32.2. The minimum atomic E-state index is -0.455. The van der Waals surface area contributed by atoms with E-state index < -0.39 is 5.82 Å². The number of para-hydroxylation sites is 1. The number of thioether (sulfide) groups is 1. The summed E-state index contributed by atoms with van der Waals surface area (Å²) in [5, 5.41) is 5.51. The number of hydrogen-bond acceptors (Lipinski definition) is 4. The molecule has 9 heteroatoms. The summed E-state index contributed by atoms with van der Waals surface area (Å²) in [7, 11) is 0. The molecule has 0 aliphatic rings. The molecule has 28 heavy (non-hydrogen) atoms. The fraction of sp³-hybridized carbons (Fsp3) is 0.211. The third kappa shape index (κ3) is 7.16. The number of aryl methyl sites for hydroxylation is 2. The number of rotatable bonds is 6. The lowest BCUT2D eigenvalue weighted by Crippen LogP contribution is -2.44. The Bertz CT molecular complexity index is 877. The summed E-state index contributed by atoms with van der Waals surface area (Å²) in [5.74, 6) is -0.798. The topological polar surface area (TPSA) is 82.3 Å². The standard InChI is InChI=1S/C19H21FN4O2S2/c1-12-7-8-15(13(2)9-12)21-17(25)10-28-11-18(26)23-24-19(27)22-16-6-4-3-5-14(16)20/h3-9H,10-11H2,1-2H3,(H,21,25)(H,23,26)(H2,22,24,27). The van der Waals surface area contributed by atoms with Crippen molar-refractivity contribution >= 4 is 52.3 Å². The molecular formula is C19H21FN4O2S2. The number of carbonyl (C=O) groups excluding carboxylic acids is 2. The second-order valence-corrected chi connectivity index (χ2v) is 7.36. The van der Waals surface area contributed by atoms with Crippen molar-refractivity contribution in [2.45, 2.75) is 13.8 Å². The molecule has 0 radical (unpaired) electrons. The molecule has 4 N–H and O–H groups in total. The van der Waals surface area contributed by atoms with E-state index in [0.717, 1.165) is 16.8 Å². The van der Waals surface area contributed by atoms with E-state index in [1.165, 1.54) is 23.9 Å². The summed E-state index contributed by atoms with van der Waals surface area (Å²) in [6, 6.07) is 11.8. The number of benzene rings is 2. The maximum atomic E-state index is 13.5. The largest absolute Gasteiger partial charge is 0.329 e. The SMILES string of the molecule is Cc1ccc(NC(=O)CSCC(=O)NNC(=S)Nc2ccccc2F)c(C)c1. The van der Waals surface area contributed by atoms with Crippen LogP contribution in [0.25, 0.3) is 0 Å². The molecule has 2 aromatic rings. The molecule has 6 nitrogen and oxygen atoms in total. The molecule has 0 atom stereocenters. The molecule has 0 spiro atoms.